The Bertz CT molecular complexity index is 468. The predicted molar refractivity (Wildman–Crippen MR) is 84.6 cm³/mol. The lowest BCUT2D eigenvalue weighted by Crippen LogP contribution is -2.46. The van der Waals surface area contributed by atoms with Gasteiger partial charge >= 0.3 is 0 Å². The van der Waals surface area contributed by atoms with Crippen molar-refractivity contribution in [2.24, 2.45) is 0 Å². The van der Waals surface area contributed by atoms with Crippen molar-refractivity contribution >= 4 is 5.69 Å². The minimum absolute atomic E-state index is 0.0518. The van der Waals surface area contributed by atoms with Crippen LogP contribution in [0.15, 0.2) is 24.3 Å². The maximum Gasteiger partial charge on any atom is 0.0789 e. The number of nitrogens with two attached hydrogens (primary N) is 1. The fourth-order valence-electron chi connectivity index (χ4n) is 3.44. The van der Waals surface area contributed by atoms with Gasteiger partial charge in [-0.05, 0) is 52.3 Å². The number of ether oxygens (including phenoxy) is 1. The largest absolute Gasteiger partial charge is 0.398 e. The Hall–Kier alpha value is -1.06. The molecule has 0 aliphatic carbocycles. The quantitative estimate of drug-likeness (QED) is 0.856. The van der Waals surface area contributed by atoms with Crippen LogP contribution in [0.25, 0.3) is 0 Å². The zero-order valence-electron chi connectivity index (χ0n) is 13.4. The van der Waals surface area contributed by atoms with E-state index in [-0.39, 0.29) is 11.2 Å². The van der Waals surface area contributed by atoms with Crippen molar-refractivity contribution in [3.63, 3.8) is 0 Å². The molecule has 3 nitrogen and oxygen atoms in total. The number of rotatable bonds is 4. The summed E-state index contributed by atoms with van der Waals surface area (Å²) in [6, 6.07) is 8.55. The van der Waals surface area contributed by atoms with Gasteiger partial charge in [0.05, 0.1) is 11.2 Å². The molecule has 2 rings (SSSR count). The van der Waals surface area contributed by atoms with E-state index in [1.807, 2.05) is 12.1 Å². The standard InChI is InChI=1S/C17H28N2O/c1-6-19(12-13-9-7-8-10-14(13)18)15-11-16(2,3)20-17(15,4)5/h7-10,15H,6,11-12,18H2,1-5H3. The molecule has 1 aromatic rings. The lowest BCUT2D eigenvalue weighted by molar-refractivity contribution is -0.0809. The van der Waals surface area contributed by atoms with Gasteiger partial charge in [-0.15, -0.1) is 0 Å². The van der Waals surface area contributed by atoms with Crippen LogP contribution in [-0.4, -0.2) is 28.7 Å². The van der Waals surface area contributed by atoms with Gasteiger partial charge in [-0.25, -0.2) is 0 Å². The summed E-state index contributed by atoms with van der Waals surface area (Å²) in [7, 11) is 0. The predicted octanol–water partition coefficient (Wildman–Crippen LogP) is 3.44. The molecule has 3 heteroatoms. The number of benzene rings is 1. The molecule has 0 bridgehead atoms. The van der Waals surface area contributed by atoms with Crippen LogP contribution in [0.2, 0.25) is 0 Å². The van der Waals surface area contributed by atoms with Crippen LogP contribution in [0.4, 0.5) is 5.69 Å². The first kappa shape index (κ1) is 15.3. The van der Waals surface area contributed by atoms with Gasteiger partial charge in [0.1, 0.15) is 0 Å². The third kappa shape index (κ3) is 3.15. The Morgan fingerprint density at radius 3 is 2.40 bits per heavy atom. The first-order chi connectivity index (χ1) is 9.25. The van der Waals surface area contributed by atoms with Crippen LogP contribution >= 0.6 is 0 Å². The molecule has 1 atom stereocenters. The van der Waals surface area contributed by atoms with E-state index in [1.165, 1.54) is 5.56 Å². The summed E-state index contributed by atoms with van der Waals surface area (Å²) in [5.74, 6) is 0. The van der Waals surface area contributed by atoms with Crippen LogP contribution < -0.4 is 5.73 Å². The SMILES string of the molecule is CCN(Cc1ccccc1N)C1CC(C)(C)OC1(C)C. The molecule has 112 valence electrons. The van der Waals surface area contributed by atoms with Crippen molar-refractivity contribution in [1.82, 2.24) is 4.90 Å². The second-order valence-corrected chi connectivity index (χ2v) is 6.95. The summed E-state index contributed by atoms with van der Waals surface area (Å²) in [5, 5.41) is 0. The Morgan fingerprint density at radius 1 is 1.25 bits per heavy atom. The van der Waals surface area contributed by atoms with E-state index in [9.17, 15) is 0 Å². The van der Waals surface area contributed by atoms with Gasteiger partial charge in [0.25, 0.3) is 0 Å². The maximum absolute atomic E-state index is 6.23. The highest BCUT2D eigenvalue weighted by molar-refractivity contribution is 5.46. The fourth-order valence-corrected chi connectivity index (χ4v) is 3.44. The Morgan fingerprint density at radius 2 is 1.90 bits per heavy atom. The highest BCUT2D eigenvalue weighted by Gasteiger charge is 2.47. The van der Waals surface area contributed by atoms with E-state index in [1.54, 1.807) is 0 Å². The molecular weight excluding hydrogens is 248 g/mol. The van der Waals surface area contributed by atoms with Crippen LogP contribution in [0, 0.1) is 0 Å². The van der Waals surface area contributed by atoms with Crippen LogP contribution in [0.3, 0.4) is 0 Å². The molecule has 2 N–H and O–H groups in total. The topological polar surface area (TPSA) is 38.5 Å². The van der Waals surface area contributed by atoms with Crippen molar-refractivity contribution in [2.75, 3.05) is 12.3 Å². The molecule has 20 heavy (non-hydrogen) atoms. The number of hydrogen-bond acceptors (Lipinski definition) is 3. The van der Waals surface area contributed by atoms with Crippen LogP contribution in [0.1, 0.15) is 46.6 Å². The summed E-state index contributed by atoms with van der Waals surface area (Å²) < 4.78 is 6.23. The number of hydrogen-bond donors (Lipinski definition) is 1. The zero-order valence-corrected chi connectivity index (χ0v) is 13.4. The molecule has 1 unspecified atom stereocenters. The lowest BCUT2D eigenvalue weighted by Gasteiger charge is -2.36. The summed E-state index contributed by atoms with van der Waals surface area (Å²) in [4.78, 5) is 2.49. The lowest BCUT2D eigenvalue weighted by atomic mass is 9.92. The van der Waals surface area contributed by atoms with Crippen molar-refractivity contribution in [2.45, 2.75) is 64.8 Å². The Balaban J connectivity index is 2.19. The molecule has 0 amide bonds. The summed E-state index contributed by atoms with van der Waals surface area (Å²) >= 11 is 0. The van der Waals surface area contributed by atoms with Gasteiger partial charge in [0.2, 0.25) is 0 Å². The number of nitrogen functional groups attached to an aromatic ring is 1. The van der Waals surface area contributed by atoms with Crippen molar-refractivity contribution in [3.8, 4) is 0 Å². The summed E-state index contributed by atoms with van der Waals surface area (Å²) in [6.07, 6.45) is 1.06. The van der Waals surface area contributed by atoms with Gasteiger partial charge in [-0.3, -0.25) is 4.90 Å². The van der Waals surface area contributed by atoms with Crippen molar-refractivity contribution in [3.05, 3.63) is 29.8 Å². The maximum atomic E-state index is 6.23. The summed E-state index contributed by atoms with van der Waals surface area (Å²) in [6.45, 7) is 12.9. The van der Waals surface area contributed by atoms with E-state index in [4.69, 9.17) is 10.5 Å². The molecule has 1 aromatic carbocycles. The average molecular weight is 276 g/mol. The van der Waals surface area contributed by atoms with Gasteiger partial charge in [-0.2, -0.15) is 0 Å². The molecule has 1 aliphatic heterocycles. The van der Waals surface area contributed by atoms with Crippen molar-refractivity contribution < 1.29 is 4.74 Å². The Kier molecular flexibility index (Phi) is 4.12. The monoisotopic (exact) mass is 276 g/mol. The number of anilines is 1. The molecule has 1 heterocycles. The van der Waals surface area contributed by atoms with E-state index in [0.29, 0.717) is 6.04 Å². The highest BCUT2D eigenvalue weighted by atomic mass is 16.5. The average Bonchev–Trinajstić information content (AvgIpc) is 2.56. The number of nitrogens with zero attached hydrogens (tertiary/aromatic N) is 1. The molecule has 0 saturated carbocycles. The molecule has 1 saturated heterocycles. The smallest absolute Gasteiger partial charge is 0.0789 e. The zero-order chi connectivity index (χ0) is 15.0. The minimum atomic E-state index is -0.122. The van der Waals surface area contributed by atoms with E-state index in [2.05, 4.69) is 51.7 Å². The van der Waals surface area contributed by atoms with E-state index >= 15 is 0 Å². The summed E-state index contributed by atoms with van der Waals surface area (Å²) in [5.41, 5.74) is 7.99. The number of para-hydroxylation sites is 1. The molecule has 0 radical (unpaired) electrons. The molecule has 1 aliphatic rings. The number of likely N-dealkylation sites (N-methyl/N-ethyl adjacent to an activating group) is 1. The second-order valence-electron chi connectivity index (χ2n) is 6.95. The molecular formula is C17H28N2O. The molecule has 1 fully saturated rings. The first-order valence-corrected chi connectivity index (χ1v) is 7.53. The Labute approximate surface area is 123 Å². The van der Waals surface area contributed by atoms with Gasteiger partial charge < -0.3 is 10.5 Å². The third-order valence-electron chi connectivity index (χ3n) is 4.30. The highest BCUT2D eigenvalue weighted by Crippen LogP contribution is 2.40. The first-order valence-electron chi connectivity index (χ1n) is 7.53. The normalized spacial score (nSPS) is 24.2. The fraction of sp³-hybridized carbons (Fsp3) is 0.647. The van der Waals surface area contributed by atoms with Gasteiger partial charge in [0.15, 0.2) is 0 Å². The van der Waals surface area contributed by atoms with E-state index < -0.39 is 0 Å². The molecule has 0 aromatic heterocycles. The minimum Gasteiger partial charge on any atom is -0.398 e. The van der Waals surface area contributed by atoms with Gasteiger partial charge in [-0.1, -0.05) is 25.1 Å². The second kappa shape index (κ2) is 5.38. The van der Waals surface area contributed by atoms with Crippen LogP contribution in [0.5, 0.6) is 0 Å². The third-order valence-corrected chi connectivity index (χ3v) is 4.30. The molecule has 0 spiro atoms. The van der Waals surface area contributed by atoms with Crippen molar-refractivity contribution in [1.29, 1.82) is 0 Å². The van der Waals surface area contributed by atoms with Crippen LogP contribution in [-0.2, 0) is 11.3 Å². The van der Waals surface area contributed by atoms with Gasteiger partial charge in [0, 0.05) is 18.3 Å². The van der Waals surface area contributed by atoms with E-state index in [0.717, 1.165) is 25.2 Å².